The molecule has 22 heavy (non-hydrogen) atoms. The van der Waals surface area contributed by atoms with Gasteiger partial charge in [-0.3, -0.25) is 4.79 Å². The number of aromatic nitrogens is 2. The lowest BCUT2D eigenvalue weighted by Crippen LogP contribution is -2.07. The SMILES string of the molecule is COc1ccc(Cc2cnc(N)nc2N)c(OC)c1C(C)=O. The van der Waals surface area contributed by atoms with Crippen molar-refractivity contribution in [1.29, 1.82) is 0 Å². The highest BCUT2D eigenvalue weighted by atomic mass is 16.5. The van der Waals surface area contributed by atoms with Crippen molar-refractivity contribution in [2.24, 2.45) is 0 Å². The van der Waals surface area contributed by atoms with Gasteiger partial charge in [0.25, 0.3) is 0 Å². The maximum atomic E-state index is 11.9. The molecule has 1 aromatic heterocycles. The molecule has 0 amide bonds. The van der Waals surface area contributed by atoms with Crippen LogP contribution in [0.1, 0.15) is 28.4 Å². The summed E-state index contributed by atoms with van der Waals surface area (Å²) in [6.45, 7) is 1.46. The first-order valence-corrected chi connectivity index (χ1v) is 6.59. The third-order valence-corrected chi connectivity index (χ3v) is 3.27. The van der Waals surface area contributed by atoms with Crippen LogP contribution in [0.25, 0.3) is 0 Å². The summed E-state index contributed by atoms with van der Waals surface area (Å²) in [6, 6.07) is 3.54. The summed E-state index contributed by atoms with van der Waals surface area (Å²) < 4.78 is 10.6. The lowest BCUT2D eigenvalue weighted by Gasteiger charge is -2.15. The van der Waals surface area contributed by atoms with Gasteiger partial charge < -0.3 is 20.9 Å². The van der Waals surface area contributed by atoms with Crippen LogP contribution in [-0.4, -0.2) is 30.0 Å². The highest BCUT2D eigenvalue weighted by Crippen LogP contribution is 2.34. The van der Waals surface area contributed by atoms with Gasteiger partial charge in [0.05, 0.1) is 14.2 Å². The summed E-state index contributed by atoms with van der Waals surface area (Å²) in [5, 5.41) is 0. The summed E-state index contributed by atoms with van der Waals surface area (Å²) in [5.41, 5.74) is 13.2. The van der Waals surface area contributed by atoms with Crippen LogP contribution in [0, 0.1) is 0 Å². The average Bonchev–Trinajstić information content (AvgIpc) is 2.49. The Bertz CT molecular complexity index is 716. The summed E-state index contributed by atoms with van der Waals surface area (Å²) in [7, 11) is 3.01. The van der Waals surface area contributed by atoms with Crippen LogP contribution in [0.4, 0.5) is 11.8 Å². The second-order valence-corrected chi connectivity index (χ2v) is 4.71. The Morgan fingerprint density at radius 2 is 1.91 bits per heavy atom. The Balaban J connectivity index is 2.51. The number of hydrogen-bond donors (Lipinski definition) is 2. The van der Waals surface area contributed by atoms with Crippen LogP contribution in [0.3, 0.4) is 0 Å². The Labute approximate surface area is 128 Å². The molecule has 0 radical (unpaired) electrons. The molecule has 2 rings (SSSR count). The molecule has 0 saturated carbocycles. The Morgan fingerprint density at radius 3 is 2.45 bits per heavy atom. The van der Waals surface area contributed by atoms with Gasteiger partial charge in [0.2, 0.25) is 5.95 Å². The molecule has 0 fully saturated rings. The zero-order chi connectivity index (χ0) is 16.3. The minimum atomic E-state index is -0.142. The first kappa shape index (κ1) is 15.6. The van der Waals surface area contributed by atoms with Crippen LogP contribution in [0.2, 0.25) is 0 Å². The van der Waals surface area contributed by atoms with Crippen LogP contribution in [-0.2, 0) is 6.42 Å². The number of hydrogen-bond acceptors (Lipinski definition) is 7. The Morgan fingerprint density at radius 1 is 1.18 bits per heavy atom. The quantitative estimate of drug-likeness (QED) is 0.803. The van der Waals surface area contributed by atoms with Gasteiger partial charge in [-0.1, -0.05) is 6.07 Å². The maximum Gasteiger partial charge on any atom is 0.221 e. The predicted octanol–water partition coefficient (Wildman–Crippen LogP) is 1.45. The van der Waals surface area contributed by atoms with E-state index in [9.17, 15) is 4.79 Å². The third-order valence-electron chi connectivity index (χ3n) is 3.27. The van der Waals surface area contributed by atoms with Gasteiger partial charge >= 0.3 is 0 Å². The van der Waals surface area contributed by atoms with E-state index in [1.54, 1.807) is 12.3 Å². The first-order chi connectivity index (χ1) is 10.5. The number of methoxy groups -OCH3 is 2. The van der Waals surface area contributed by atoms with E-state index in [0.29, 0.717) is 34.9 Å². The molecule has 2 aromatic rings. The van der Waals surface area contributed by atoms with Crippen molar-refractivity contribution in [3.8, 4) is 11.5 Å². The van der Waals surface area contributed by atoms with Gasteiger partial charge in [-0.05, 0) is 18.6 Å². The van der Waals surface area contributed by atoms with E-state index in [-0.39, 0.29) is 11.7 Å². The van der Waals surface area contributed by atoms with Gasteiger partial charge in [0.15, 0.2) is 5.78 Å². The van der Waals surface area contributed by atoms with E-state index in [4.69, 9.17) is 20.9 Å². The van der Waals surface area contributed by atoms with Crippen LogP contribution >= 0.6 is 0 Å². The number of ketones is 1. The first-order valence-electron chi connectivity index (χ1n) is 6.59. The maximum absolute atomic E-state index is 11.9. The number of carbonyl (C=O) groups is 1. The molecule has 1 aromatic carbocycles. The lowest BCUT2D eigenvalue weighted by molar-refractivity contribution is 0.101. The molecule has 0 aliphatic rings. The van der Waals surface area contributed by atoms with Gasteiger partial charge in [-0.15, -0.1) is 0 Å². The van der Waals surface area contributed by atoms with Gasteiger partial charge in [-0.2, -0.15) is 4.98 Å². The molecule has 7 nitrogen and oxygen atoms in total. The molecule has 1 heterocycles. The number of nitrogen functional groups attached to an aromatic ring is 2. The molecule has 4 N–H and O–H groups in total. The molecule has 7 heteroatoms. The number of rotatable bonds is 5. The van der Waals surface area contributed by atoms with E-state index in [1.807, 2.05) is 6.07 Å². The second-order valence-electron chi connectivity index (χ2n) is 4.71. The molecule has 0 aliphatic heterocycles. The molecule has 0 atom stereocenters. The summed E-state index contributed by atoms with van der Waals surface area (Å²) >= 11 is 0. The predicted molar refractivity (Wildman–Crippen MR) is 83.2 cm³/mol. The minimum Gasteiger partial charge on any atom is -0.496 e. The van der Waals surface area contributed by atoms with E-state index < -0.39 is 0 Å². The van der Waals surface area contributed by atoms with Gasteiger partial charge in [0.1, 0.15) is 22.9 Å². The van der Waals surface area contributed by atoms with Gasteiger partial charge in [0, 0.05) is 18.2 Å². The highest BCUT2D eigenvalue weighted by molar-refractivity contribution is 6.00. The highest BCUT2D eigenvalue weighted by Gasteiger charge is 2.19. The molecule has 0 aliphatic carbocycles. The number of benzene rings is 1. The van der Waals surface area contributed by atoms with Crippen LogP contribution in [0.5, 0.6) is 11.5 Å². The van der Waals surface area contributed by atoms with E-state index in [2.05, 4.69) is 9.97 Å². The number of ether oxygens (including phenoxy) is 2. The molecule has 0 unspecified atom stereocenters. The van der Waals surface area contributed by atoms with Crippen molar-refractivity contribution >= 4 is 17.5 Å². The summed E-state index contributed by atoms with van der Waals surface area (Å²) in [6.07, 6.45) is 1.98. The number of carbonyl (C=O) groups excluding carboxylic acids is 1. The fourth-order valence-electron chi connectivity index (χ4n) is 2.26. The molecular weight excluding hydrogens is 284 g/mol. The van der Waals surface area contributed by atoms with Crippen molar-refractivity contribution in [3.63, 3.8) is 0 Å². The molecule has 0 saturated heterocycles. The molecule has 0 bridgehead atoms. The zero-order valence-electron chi connectivity index (χ0n) is 12.7. The van der Waals surface area contributed by atoms with Crippen molar-refractivity contribution in [3.05, 3.63) is 35.0 Å². The zero-order valence-corrected chi connectivity index (χ0v) is 12.7. The van der Waals surface area contributed by atoms with Crippen molar-refractivity contribution in [2.45, 2.75) is 13.3 Å². The molecular formula is C15H18N4O3. The van der Waals surface area contributed by atoms with Crippen LogP contribution < -0.4 is 20.9 Å². The van der Waals surface area contributed by atoms with Crippen molar-refractivity contribution < 1.29 is 14.3 Å². The summed E-state index contributed by atoms with van der Waals surface area (Å²) in [5.74, 6) is 1.21. The molecule has 116 valence electrons. The largest absolute Gasteiger partial charge is 0.496 e. The number of Topliss-reactive ketones (excluding diaryl/α,β-unsaturated/α-hetero) is 1. The monoisotopic (exact) mass is 302 g/mol. The third kappa shape index (κ3) is 2.93. The van der Waals surface area contributed by atoms with E-state index in [1.165, 1.54) is 21.1 Å². The fourth-order valence-corrected chi connectivity index (χ4v) is 2.26. The summed E-state index contributed by atoms with van der Waals surface area (Å²) in [4.78, 5) is 19.8. The Hall–Kier alpha value is -2.83. The number of nitrogens with two attached hydrogens (primary N) is 2. The van der Waals surface area contributed by atoms with Crippen molar-refractivity contribution in [1.82, 2.24) is 9.97 Å². The lowest BCUT2D eigenvalue weighted by atomic mass is 9.99. The van der Waals surface area contributed by atoms with Gasteiger partial charge in [-0.25, -0.2) is 4.98 Å². The molecule has 0 spiro atoms. The van der Waals surface area contributed by atoms with Crippen molar-refractivity contribution in [2.75, 3.05) is 25.7 Å². The number of nitrogens with zero attached hydrogens (tertiary/aromatic N) is 2. The number of anilines is 2. The smallest absolute Gasteiger partial charge is 0.221 e. The van der Waals surface area contributed by atoms with E-state index >= 15 is 0 Å². The average molecular weight is 302 g/mol. The fraction of sp³-hybridized carbons (Fsp3) is 0.267. The van der Waals surface area contributed by atoms with Crippen LogP contribution in [0.15, 0.2) is 18.3 Å². The standard InChI is InChI=1S/C15H18N4O3/c1-8(20)12-11(21-2)5-4-9(13(12)22-3)6-10-7-18-15(17)19-14(10)16/h4-5,7H,6H2,1-3H3,(H4,16,17,18,19). The normalized spacial score (nSPS) is 10.3. The second kappa shape index (κ2) is 6.30. The van der Waals surface area contributed by atoms with E-state index in [0.717, 1.165) is 5.56 Å². The minimum absolute atomic E-state index is 0.118. The topological polar surface area (TPSA) is 113 Å². The Kier molecular flexibility index (Phi) is 4.45.